The first-order valence-corrected chi connectivity index (χ1v) is 11.1. The van der Waals surface area contributed by atoms with Gasteiger partial charge in [0, 0.05) is 23.0 Å². The molecule has 214 valence electrons. The van der Waals surface area contributed by atoms with Crippen molar-refractivity contribution in [1.82, 2.24) is 4.98 Å². The molecule has 0 atom stereocenters. The first kappa shape index (κ1) is 30.9. The Hall–Kier alpha value is -3.59. The fourth-order valence-electron chi connectivity index (χ4n) is 3.32. The van der Waals surface area contributed by atoms with Crippen molar-refractivity contribution in [2.45, 2.75) is 24.2 Å². The van der Waals surface area contributed by atoms with E-state index >= 15 is 0 Å². The van der Waals surface area contributed by atoms with Gasteiger partial charge in [0.05, 0.1) is 21.8 Å². The monoisotopic (exact) mass is 621 g/mol. The number of anilines is 2. The molecular weight excluding hydrogens is 611 g/mol. The second kappa shape index (κ2) is 10.8. The Morgan fingerprint density at radius 2 is 1.38 bits per heavy atom. The Morgan fingerprint density at radius 3 is 1.93 bits per heavy atom. The van der Waals surface area contributed by atoms with Gasteiger partial charge in [0.1, 0.15) is 5.15 Å². The molecule has 2 N–H and O–H groups in total. The van der Waals surface area contributed by atoms with E-state index in [0.29, 0.717) is 0 Å². The summed E-state index contributed by atoms with van der Waals surface area (Å²) in [4.78, 5) is 28.8. The van der Waals surface area contributed by atoms with Crippen LogP contribution in [0.1, 0.15) is 31.8 Å². The standard InChI is InChI=1S/C23H11Cl2F10N3O2/c24-15-9-11(20(26,22(30,31)32)23(33,34)35)8-14(21(27,28)29)16(15)38-18(39)10-3-1-4-12(7-10)37-19(40)13-5-2-6-36-17(13)25/h1-9H,(H,37,40)(H,38,39). The number of benzene rings is 2. The molecule has 0 spiro atoms. The van der Waals surface area contributed by atoms with Gasteiger partial charge in [-0.25, -0.2) is 9.37 Å². The van der Waals surface area contributed by atoms with E-state index < -0.39 is 69.5 Å². The smallest absolute Gasteiger partial charge is 0.322 e. The molecule has 0 fully saturated rings. The van der Waals surface area contributed by atoms with E-state index in [2.05, 4.69) is 10.3 Å². The molecule has 3 aromatic rings. The lowest BCUT2D eigenvalue weighted by atomic mass is 9.91. The van der Waals surface area contributed by atoms with Gasteiger partial charge in [0.2, 0.25) is 0 Å². The first-order chi connectivity index (χ1) is 18.3. The Bertz CT molecular complexity index is 1440. The third kappa shape index (κ3) is 6.09. The zero-order valence-corrected chi connectivity index (χ0v) is 20.5. The molecule has 0 aliphatic rings. The predicted molar refractivity (Wildman–Crippen MR) is 123 cm³/mol. The van der Waals surface area contributed by atoms with E-state index in [1.54, 1.807) is 5.32 Å². The number of aromatic nitrogens is 1. The first-order valence-electron chi connectivity index (χ1n) is 10.3. The van der Waals surface area contributed by atoms with Crippen LogP contribution < -0.4 is 10.6 Å². The maximum absolute atomic E-state index is 14.4. The number of hydrogen-bond donors (Lipinski definition) is 2. The summed E-state index contributed by atoms with van der Waals surface area (Å²) in [5.74, 6) is -2.15. The highest BCUT2D eigenvalue weighted by Gasteiger charge is 2.73. The van der Waals surface area contributed by atoms with Crippen LogP contribution in [0.5, 0.6) is 0 Å². The Kier molecular flexibility index (Phi) is 8.33. The van der Waals surface area contributed by atoms with Gasteiger partial charge in [-0.15, -0.1) is 0 Å². The van der Waals surface area contributed by atoms with Gasteiger partial charge in [-0.2, -0.15) is 39.5 Å². The van der Waals surface area contributed by atoms with Gasteiger partial charge in [-0.3, -0.25) is 9.59 Å². The van der Waals surface area contributed by atoms with E-state index in [-0.39, 0.29) is 22.5 Å². The van der Waals surface area contributed by atoms with E-state index in [1.165, 1.54) is 30.5 Å². The van der Waals surface area contributed by atoms with Gasteiger partial charge in [0.25, 0.3) is 11.8 Å². The number of pyridine rings is 1. The molecule has 5 nitrogen and oxygen atoms in total. The highest BCUT2D eigenvalue weighted by atomic mass is 35.5. The van der Waals surface area contributed by atoms with Gasteiger partial charge in [-0.1, -0.05) is 29.3 Å². The molecule has 0 radical (unpaired) electrons. The van der Waals surface area contributed by atoms with Crippen LogP contribution in [0, 0.1) is 0 Å². The van der Waals surface area contributed by atoms with Crippen molar-refractivity contribution in [2.75, 3.05) is 10.6 Å². The summed E-state index contributed by atoms with van der Waals surface area (Å²) in [7, 11) is 0. The van der Waals surface area contributed by atoms with Crippen LogP contribution in [-0.4, -0.2) is 29.2 Å². The molecule has 2 aromatic carbocycles. The predicted octanol–water partition coefficient (Wildman–Crippen LogP) is 8.20. The van der Waals surface area contributed by atoms with Crippen molar-refractivity contribution in [3.05, 3.63) is 87.2 Å². The van der Waals surface area contributed by atoms with E-state index in [9.17, 15) is 53.5 Å². The van der Waals surface area contributed by atoms with Gasteiger partial charge in [-0.05, 0) is 42.5 Å². The van der Waals surface area contributed by atoms with Crippen molar-refractivity contribution < 1.29 is 53.5 Å². The van der Waals surface area contributed by atoms with E-state index in [4.69, 9.17) is 23.2 Å². The Balaban J connectivity index is 2.00. The average molecular weight is 622 g/mol. The second-order valence-corrected chi connectivity index (χ2v) is 8.63. The zero-order chi connectivity index (χ0) is 30.3. The SMILES string of the molecule is O=C(Nc1c(Cl)cc(C(F)(C(F)(F)F)C(F)(F)F)cc1C(F)(F)F)c1cccc(NC(=O)c2cccnc2Cl)c1. The lowest BCUT2D eigenvalue weighted by molar-refractivity contribution is -0.348. The van der Waals surface area contributed by atoms with Crippen LogP contribution in [0.4, 0.5) is 55.3 Å². The van der Waals surface area contributed by atoms with Crippen molar-refractivity contribution in [1.29, 1.82) is 0 Å². The molecule has 2 amide bonds. The molecule has 0 saturated heterocycles. The number of carbonyl (C=O) groups excluding carboxylic acids is 2. The molecule has 0 unspecified atom stereocenters. The number of alkyl halides is 10. The quantitative estimate of drug-likeness (QED) is 0.223. The van der Waals surface area contributed by atoms with Crippen LogP contribution >= 0.6 is 23.2 Å². The lowest BCUT2D eigenvalue weighted by Gasteiger charge is -2.31. The number of rotatable bonds is 5. The summed E-state index contributed by atoms with van der Waals surface area (Å²) < 4.78 is 134. The number of carbonyl (C=O) groups is 2. The number of nitrogens with zero attached hydrogens (tertiary/aromatic N) is 1. The maximum atomic E-state index is 14.4. The molecule has 40 heavy (non-hydrogen) atoms. The summed E-state index contributed by atoms with van der Waals surface area (Å²) in [6.07, 6.45) is -17.8. The molecule has 17 heteroatoms. The Labute approximate surface area is 227 Å². The number of halogens is 12. The minimum absolute atomic E-state index is 0.0624. The van der Waals surface area contributed by atoms with Crippen LogP contribution in [0.25, 0.3) is 0 Å². The molecule has 0 aliphatic carbocycles. The lowest BCUT2D eigenvalue weighted by Crippen LogP contribution is -2.50. The molecule has 1 heterocycles. The largest absolute Gasteiger partial charge is 0.435 e. The molecule has 0 bridgehead atoms. The molecule has 3 rings (SSSR count). The molecular formula is C23H11Cl2F10N3O2. The van der Waals surface area contributed by atoms with Gasteiger partial charge >= 0.3 is 24.2 Å². The summed E-state index contributed by atoms with van der Waals surface area (Å²) in [5.41, 5.74) is -13.0. The highest BCUT2D eigenvalue weighted by molar-refractivity contribution is 6.34. The van der Waals surface area contributed by atoms with E-state index in [1.807, 2.05) is 0 Å². The summed E-state index contributed by atoms with van der Waals surface area (Å²) in [5, 5.41) is 2.38. The highest BCUT2D eigenvalue weighted by Crippen LogP contribution is 2.55. The average Bonchev–Trinajstić information content (AvgIpc) is 2.82. The number of amides is 2. The summed E-state index contributed by atoms with van der Waals surface area (Å²) in [6, 6.07) is 6.15. The third-order valence-electron chi connectivity index (χ3n) is 5.20. The van der Waals surface area contributed by atoms with Crippen LogP contribution in [0.2, 0.25) is 10.2 Å². The normalized spacial score (nSPS) is 12.7. The summed E-state index contributed by atoms with van der Waals surface area (Å²) in [6.45, 7) is 0. The maximum Gasteiger partial charge on any atom is 0.435 e. The molecule has 0 saturated carbocycles. The molecule has 0 aliphatic heterocycles. The van der Waals surface area contributed by atoms with Gasteiger partial charge in [0.15, 0.2) is 0 Å². The fraction of sp³-hybridized carbons (Fsp3) is 0.174. The number of hydrogen-bond acceptors (Lipinski definition) is 3. The minimum Gasteiger partial charge on any atom is -0.322 e. The molecule has 1 aromatic heterocycles. The fourth-order valence-corrected chi connectivity index (χ4v) is 3.79. The number of nitrogens with one attached hydrogen (secondary N) is 2. The van der Waals surface area contributed by atoms with Crippen molar-refractivity contribution in [3.63, 3.8) is 0 Å². The minimum atomic E-state index is -6.72. The van der Waals surface area contributed by atoms with Gasteiger partial charge < -0.3 is 10.6 Å². The summed E-state index contributed by atoms with van der Waals surface area (Å²) >= 11 is 11.4. The topological polar surface area (TPSA) is 71.1 Å². The zero-order valence-electron chi connectivity index (χ0n) is 19.0. The Morgan fingerprint density at radius 1 is 0.750 bits per heavy atom. The second-order valence-electron chi connectivity index (χ2n) is 7.86. The van der Waals surface area contributed by atoms with Crippen molar-refractivity contribution in [2.24, 2.45) is 0 Å². The van der Waals surface area contributed by atoms with E-state index in [0.717, 1.165) is 12.1 Å². The van der Waals surface area contributed by atoms with Crippen molar-refractivity contribution in [3.8, 4) is 0 Å². The van der Waals surface area contributed by atoms with Crippen LogP contribution in [0.3, 0.4) is 0 Å². The van der Waals surface area contributed by atoms with Crippen LogP contribution in [-0.2, 0) is 11.8 Å². The van der Waals surface area contributed by atoms with Crippen molar-refractivity contribution >= 4 is 46.4 Å². The third-order valence-corrected chi connectivity index (χ3v) is 5.80. The van der Waals surface area contributed by atoms with Crippen LogP contribution in [0.15, 0.2) is 54.7 Å².